The standard InChI is InChI=1S/C25H31N5O4/c1-34-21-7-4-17(16-27-21)20(15-22(31)32)30-14-13-29(24(30)33)12-2-3-18-5-6-19-23(28-18)26-11-10-25(19)8-9-25/h4-7,16,20H,2-3,8-15H2,1H3,(H,26,28)(H,31,32)/t20-/m1/s1. The van der Waals surface area contributed by atoms with Gasteiger partial charge in [-0.3, -0.25) is 4.79 Å². The fraction of sp³-hybridized carbons (Fsp3) is 0.520. The number of aliphatic carboxylic acids is 1. The first kappa shape index (κ1) is 22.4. The van der Waals surface area contributed by atoms with Crippen LogP contribution in [0.4, 0.5) is 10.6 Å². The van der Waals surface area contributed by atoms with E-state index in [1.165, 1.54) is 31.9 Å². The number of carbonyl (C=O) groups excluding carboxylic acids is 1. The Morgan fingerprint density at radius 1 is 1.24 bits per heavy atom. The van der Waals surface area contributed by atoms with Gasteiger partial charge in [0.1, 0.15) is 5.82 Å². The molecule has 1 saturated heterocycles. The number of nitrogens with zero attached hydrogens (tertiary/aromatic N) is 4. The summed E-state index contributed by atoms with van der Waals surface area (Å²) in [5.41, 5.74) is 3.48. The Morgan fingerprint density at radius 2 is 2.09 bits per heavy atom. The Labute approximate surface area is 199 Å². The molecule has 1 saturated carbocycles. The van der Waals surface area contributed by atoms with Gasteiger partial charge >= 0.3 is 12.0 Å². The van der Waals surface area contributed by atoms with Crippen LogP contribution in [0.15, 0.2) is 30.5 Å². The second-order valence-corrected chi connectivity index (χ2v) is 9.47. The third-order valence-electron chi connectivity index (χ3n) is 7.36. The number of pyridine rings is 2. The molecule has 2 N–H and O–H groups in total. The van der Waals surface area contributed by atoms with E-state index in [9.17, 15) is 14.7 Å². The number of amides is 2. The van der Waals surface area contributed by atoms with Crippen LogP contribution in [0.25, 0.3) is 0 Å². The molecule has 0 bridgehead atoms. The summed E-state index contributed by atoms with van der Waals surface area (Å²) in [6.07, 6.45) is 6.77. The van der Waals surface area contributed by atoms with Crippen LogP contribution in [0, 0.1) is 0 Å². The van der Waals surface area contributed by atoms with Crippen molar-refractivity contribution in [3.05, 3.63) is 47.3 Å². The summed E-state index contributed by atoms with van der Waals surface area (Å²) in [7, 11) is 1.53. The van der Waals surface area contributed by atoms with Crippen LogP contribution in [0.1, 0.15) is 55.0 Å². The predicted molar refractivity (Wildman–Crippen MR) is 126 cm³/mol. The molecule has 2 aromatic heterocycles. The highest BCUT2D eigenvalue weighted by Gasteiger charge is 2.47. The van der Waals surface area contributed by atoms with Crippen molar-refractivity contribution in [3.8, 4) is 5.88 Å². The van der Waals surface area contributed by atoms with Crippen molar-refractivity contribution in [1.82, 2.24) is 19.8 Å². The highest BCUT2D eigenvalue weighted by atomic mass is 16.5. The SMILES string of the molecule is COc1ccc([C@@H](CC(=O)O)N2CCN(CCCc3ccc4c(n3)NCCC43CC3)C2=O)cn1. The van der Waals surface area contributed by atoms with E-state index in [1.807, 2.05) is 4.90 Å². The summed E-state index contributed by atoms with van der Waals surface area (Å²) < 4.78 is 5.09. The van der Waals surface area contributed by atoms with E-state index in [4.69, 9.17) is 9.72 Å². The Bertz CT molecular complexity index is 1070. The number of rotatable bonds is 9. The summed E-state index contributed by atoms with van der Waals surface area (Å²) >= 11 is 0. The smallest absolute Gasteiger partial charge is 0.320 e. The van der Waals surface area contributed by atoms with E-state index in [2.05, 4.69) is 22.4 Å². The van der Waals surface area contributed by atoms with Gasteiger partial charge in [0.05, 0.1) is 19.6 Å². The van der Waals surface area contributed by atoms with Crippen molar-refractivity contribution in [1.29, 1.82) is 0 Å². The fourth-order valence-electron chi connectivity index (χ4n) is 5.26. The highest BCUT2D eigenvalue weighted by Crippen LogP contribution is 2.54. The molecule has 2 aliphatic heterocycles. The predicted octanol–water partition coefficient (Wildman–Crippen LogP) is 3.22. The van der Waals surface area contributed by atoms with Crippen molar-refractivity contribution < 1.29 is 19.4 Å². The Hall–Kier alpha value is -3.36. The molecule has 5 rings (SSSR count). The number of nitrogens with one attached hydrogen (secondary N) is 1. The maximum Gasteiger partial charge on any atom is 0.320 e. The number of methoxy groups -OCH3 is 1. The minimum Gasteiger partial charge on any atom is -0.481 e. The molecule has 2 aromatic rings. The first-order chi connectivity index (χ1) is 16.5. The number of urea groups is 1. The molecule has 2 fully saturated rings. The van der Waals surface area contributed by atoms with Crippen LogP contribution in [-0.2, 0) is 16.6 Å². The van der Waals surface area contributed by atoms with Crippen LogP contribution in [0.3, 0.4) is 0 Å². The number of anilines is 1. The second-order valence-electron chi connectivity index (χ2n) is 9.47. The third kappa shape index (κ3) is 4.38. The van der Waals surface area contributed by atoms with Crippen LogP contribution < -0.4 is 10.1 Å². The van der Waals surface area contributed by atoms with E-state index < -0.39 is 12.0 Å². The van der Waals surface area contributed by atoms with E-state index in [-0.39, 0.29) is 12.5 Å². The van der Waals surface area contributed by atoms with Gasteiger partial charge in [-0.25, -0.2) is 14.8 Å². The molecule has 9 nitrogen and oxygen atoms in total. The molecule has 34 heavy (non-hydrogen) atoms. The monoisotopic (exact) mass is 465 g/mol. The Kier molecular flexibility index (Phi) is 6.02. The lowest BCUT2D eigenvalue weighted by Crippen LogP contribution is -2.36. The van der Waals surface area contributed by atoms with E-state index in [0.29, 0.717) is 36.5 Å². The number of hydrogen-bond acceptors (Lipinski definition) is 6. The zero-order valence-corrected chi connectivity index (χ0v) is 19.5. The molecule has 0 radical (unpaired) electrons. The summed E-state index contributed by atoms with van der Waals surface area (Å²) in [6, 6.07) is 7.14. The van der Waals surface area contributed by atoms with Crippen molar-refractivity contribution in [2.75, 3.05) is 38.6 Å². The average Bonchev–Trinajstić information content (AvgIpc) is 3.52. The molecule has 0 unspecified atom stereocenters. The van der Waals surface area contributed by atoms with Gasteiger partial charge in [0.2, 0.25) is 5.88 Å². The zero-order chi connectivity index (χ0) is 23.7. The number of carbonyl (C=O) groups is 2. The molecule has 1 atom stereocenters. The molecular formula is C25H31N5O4. The molecule has 0 aromatic carbocycles. The molecule has 1 aliphatic carbocycles. The van der Waals surface area contributed by atoms with Crippen molar-refractivity contribution in [3.63, 3.8) is 0 Å². The minimum absolute atomic E-state index is 0.127. The summed E-state index contributed by atoms with van der Waals surface area (Å²) in [5.74, 6) is 0.534. The lowest BCUT2D eigenvalue weighted by molar-refractivity contribution is -0.138. The quantitative estimate of drug-likeness (QED) is 0.585. The lowest BCUT2D eigenvalue weighted by Gasteiger charge is -2.27. The van der Waals surface area contributed by atoms with Gasteiger partial charge in [0.15, 0.2) is 0 Å². The van der Waals surface area contributed by atoms with E-state index in [1.54, 1.807) is 23.2 Å². The molecular weight excluding hydrogens is 434 g/mol. The number of aryl methyl sites for hydroxylation is 1. The van der Waals surface area contributed by atoms with Crippen LogP contribution in [0.2, 0.25) is 0 Å². The molecule has 1 spiro atoms. The van der Waals surface area contributed by atoms with Gasteiger partial charge in [-0.15, -0.1) is 0 Å². The van der Waals surface area contributed by atoms with Gasteiger partial charge in [0.25, 0.3) is 0 Å². The number of aromatic nitrogens is 2. The van der Waals surface area contributed by atoms with Crippen molar-refractivity contribution in [2.24, 2.45) is 0 Å². The lowest BCUT2D eigenvalue weighted by atomic mass is 9.90. The number of hydrogen-bond donors (Lipinski definition) is 2. The van der Waals surface area contributed by atoms with Gasteiger partial charge in [-0.1, -0.05) is 12.1 Å². The first-order valence-corrected chi connectivity index (χ1v) is 12.0. The van der Waals surface area contributed by atoms with Crippen LogP contribution in [0.5, 0.6) is 5.88 Å². The maximum absolute atomic E-state index is 13.1. The van der Waals surface area contributed by atoms with Gasteiger partial charge in [-0.2, -0.15) is 0 Å². The van der Waals surface area contributed by atoms with Crippen molar-refractivity contribution in [2.45, 2.75) is 50.0 Å². The number of ether oxygens (including phenoxy) is 1. The Balaban J connectivity index is 1.20. The molecule has 3 aliphatic rings. The minimum atomic E-state index is -0.952. The number of fused-ring (bicyclic) bond motifs is 2. The van der Waals surface area contributed by atoms with Gasteiger partial charge in [-0.05, 0) is 43.7 Å². The third-order valence-corrected chi connectivity index (χ3v) is 7.36. The highest BCUT2D eigenvalue weighted by molar-refractivity contribution is 5.78. The molecule has 4 heterocycles. The second kappa shape index (κ2) is 9.12. The number of carboxylic acids is 1. The summed E-state index contributed by atoms with van der Waals surface area (Å²) in [4.78, 5) is 37.1. The van der Waals surface area contributed by atoms with E-state index >= 15 is 0 Å². The first-order valence-electron chi connectivity index (χ1n) is 12.0. The zero-order valence-electron chi connectivity index (χ0n) is 19.5. The maximum atomic E-state index is 13.1. The number of carboxylic acid groups (broad SMARTS) is 1. The molecule has 9 heteroatoms. The topological polar surface area (TPSA) is 108 Å². The molecule has 2 amide bonds. The van der Waals surface area contributed by atoms with Gasteiger partial charge in [0, 0.05) is 55.1 Å². The average molecular weight is 466 g/mol. The molecule has 180 valence electrons. The van der Waals surface area contributed by atoms with Gasteiger partial charge < -0.3 is 25.0 Å². The largest absolute Gasteiger partial charge is 0.481 e. The normalized spacial score (nSPS) is 19.0. The summed E-state index contributed by atoms with van der Waals surface area (Å²) in [6.45, 7) is 2.68. The van der Waals surface area contributed by atoms with Crippen LogP contribution in [-0.4, -0.2) is 70.2 Å². The fourth-order valence-corrected chi connectivity index (χ4v) is 5.26. The van der Waals surface area contributed by atoms with E-state index in [0.717, 1.165) is 30.9 Å². The van der Waals surface area contributed by atoms with Crippen LogP contribution >= 0.6 is 0 Å². The van der Waals surface area contributed by atoms with Crippen molar-refractivity contribution >= 4 is 17.8 Å². The Morgan fingerprint density at radius 3 is 2.79 bits per heavy atom. The summed E-state index contributed by atoms with van der Waals surface area (Å²) in [5, 5.41) is 12.9.